The van der Waals surface area contributed by atoms with Gasteiger partial charge in [0.25, 0.3) is 0 Å². The van der Waals surface area contributed by atoms with Crippen molar-refractivity contribution in [2.45, 2.75) is 32.7 Å². The fourth-order valence-electron chi connectivity index (χ4n) is 3.72. The summed E-state index contributed by atoms with van der Waals surface area (Å²) in [5.74, 6) is -1.76. The molecule has 0 unspecified atom stereocenters. The summed E-state index contributed by atoms with van der Waals surface area (Å²) >= 11 is 0. The van der Waals surface area contributed by atoms with Gasteiger partial charge in [0.1, 0.15) is 29.4 Å². The van der Waals surface area contributed by atoms with E-state index in [2.05, 4.69) is 27.1 Å². The fraction of sp³-hybridized carbons (Fsp3) is 0.200. The highest BCUT2D eigenvalue weighted by atomic mass is 19.2. The molecule has 0 saturated heterocycles. The maximum Gasteiger partial charge on any atom is 0.169 e. The Morgan fingerprint density at radius 2 is 1.76 bits per heavy atom. The Labute approximate surface area is 193 Å². The zero-order valence-corrected chi connectivity index (χ0v) is 18.3. The summed E-state index contributed by atoms with van der Waals surface area (Å²) < 4.78 is 49.2. The van der Waals surface area contributed by atoms with Crippen LogP contribution in [0.15, 0.2) is 59.4 Å². The van der Waals surface area contributed by atoms with E-state index in [9.17, 15) is 13.2 Å². The van der Waals surface area contributed by atoms with Crippen molar-refractivity contribution >= 4 is 0 Å². The molecule has 3 heterocycles. The number of rotatable bonds is 7. The van der Waals surface area contributed by atoms with Gasteiger partial charge in [-0.15, -0.1) is 0 Å². The van der Waals surface area contributed by atoms with Crippen molar-refractivity contribution in [1.82, 2.24) is 24.9 Å². The highest BCUT2D eigenvalue weighted by Gasteiger charge is 2.19. The van der Waals surface area contributed by atoms with Gasteiger partial charge in [0, 0.05) is 11.6 Å². The molecule has 5 rings (SSSR count). The van der Waals surface area contributed by atoms with Crippen molar-refractivity contribution < 1.29 is 17.7 Å². The summed E-state index contributed by atoms with van der Waals surface area (Å²) in [6.45, 7) is 2.31. The Hall–Kier alpha value is -4.01. The third kappa shape index (κ3) is 4.28. The second-order valence-corrected chi connectivity index (χ2v) is 7.99. The fourth-order valence-corrected chi connectivity index (χ4v) is 3.72. The lowest BCUT2D eigenvalue weighted by atomic mass is 10.0. The number of unbranched alkanes of at least 4 members (excludes halogenated alkanes) is 1. The second-order valence-electron chi connectivity index (χ2n) is 7.99. The molecule has 0 aliphatic carbocycles. The smallest absolute Gasteiger partial charge is 0.169 e. The average molecular weight is 463 g/mol. The van der Waals surface area contributed by atoms with Gasteiger partial charge < -0.3 is 4.52 Å². The monoisotopic (exact) mass is 463 g/mol. The van der Waals surface area contributed by atoms with Gasteiger partial charge in [-0.05, 0) is 42.7 Å². The predicted molar refractivity (Wildman–Crippen MR) is 119 cm³/mol. The Morgan fingerprint density at radius 1 is 0.912 bits per heavy atom. The molecule has 172 valence electrons. The van der Waals surface area contributed by atoms with Crippen LogP contribution < -0.4 is 0 Å². The average Bonchev–Trinajstić information content (AvgIpc) is 3.46. The largest absolute Gasteiger partial charge is 0.359 e. The van der Waals surface area contributed by atoms with E-state index in [-0.39, 0.29) is 23.7 Å². The summed E-state index contributed by atoms with van der Waals surface area (Å²) in [5.41, 5.74) is 2.60. The number of hydrogen-bond donors (Lipinski definition) is 0. The van der Waals surface area contributed by atoms with E-state index < -0.39 is 11.6 Å². The van der Waals surface area contributed by atoms with Crippen LogP contribution in [0.25, 0.3) is 34.0 Å². The zero-order valence-electron chi connectivity index (χ0n) is 18.3. The lowest BCUT2D eigenvalue weighted by molar-refractivity contribution is 0.372. The van der Waals surface area contributed by atoms with Gasteiger partial charge in [0.2, 0.25) is 0 Å². The maximum atomic E-state index is 14.6. The molecule has 0 bridgehead atoms. The molecule has 0 amide bonds. The van der Waals surface area contributed by atoms with Gasteiger partial charge in [-0.2, -0.15) is 5.10 Å². The maximum absolute atomic E-state index is 14.6. The number of aryl methyl sites for hydroxylation is 1. The van der Waals surface area contributed by atoms with Gasteiger partial charge >= 0.3 is 0 Å². The van der Waals surface area contributed by atoms with Crippen LogP contribution in [-0.4, -0.2) is 24.9 Å². The number of benzene rings is 2. The summed E-state index contributed by atoms with van der Waals surface area (Å²) in [4.78, 5) is 8.55. The molecule has 1 aromatic heterocycles. The zero-order chi connectivity index (χ0) is 23.7. The van der Waals surface area contributed by atoms with Crippen LogP contribution in [-0.2, 0) is 13.0 Å². The number of halogens is 3. The van der Waals surface area contributed by atoms with E-state index in [1.165, 1.54) is 24.4 Å². The van der Waals surface area contributed by atoms with E-state index in [4.69, 9.17) is 4.52 Å². The van der Waals surface area contributed by atoms with Gasteiger partial charge in [-0.3, -0.25) is 4.68 Å². The number of nitrogens with zero attached hydrogens (tertiary/aromatic N) is 5. The van der Waals surface area contributed by atoms with Crippen molar-refractivity contribution in [3.8, 4) is 34.0 Å². The second kappa shape index (κ2) is 9.09. The molecule has 0 N–H and O–H groups in total. The van der Waals surface area contributed by atoms with Crippen molar-refractivity contribution in [2.75, 3.05) is 0 Å². The van der Waals surface area contributed by atoms with Crippen molar-refractivity contribution in [3.05, 3.63) is 83.6 Å². The van der Waals surface area contributed by atoms with E-state index in [0.29, 0.717) is 28.4 Å². The van der Waals surface area contributed by atoms with E-state index in [1.807, 2.05) is 6.07 Å². The van der Waals surface area contributed by atoms with E-state index in [0.717, 1.165) is 30.9 Å². The van der Waals surface area contributed by atoms with Crippen molar-refractivity contribution in [1.29, 1.82) is 0 Å². The molecule has 2 aromatic carbocycles. The minimum atomic E-state index is -1.00. The first kappa shape index (κ1) is 21.8. The predicted octanol–water partition coefficient (Wildman–Crippen LogP) is 5.91. The molecule has 34 heavy (non-hydrogen) atoms. The quantitative estimate of drug-likeness (QED) is 0.300. The first-order valence-electron chi connectivity index (χ1n) is 10.9. The Morgan fingerprint density at radius 3 is 2.59 bits per heavy atom. The SMILES string of the molecule is CCCCc1ccc(-c2cc(Cn3cc4nc(-c5cccc(F)c5F)nc-4cn3)on2)c(F)c1. The molecule has 0 saturated carbocycles. The lowest BCUT2D eigenvalue weighted by Crippen LogP contribution is -2.04. The molecule has 0 fully saturated rings. The van der Waals surface area contributed by atoms with Crippen LogP contribution in [0.3, 0.4) is 0 Å². The van der Waals surface area contributed by atoms with Crippen LogP contribution in [0.2, 0.25) is 0 Å². The first-order valence-corrected chi connectivity index (χ1v) is 10.9. The highest BCUT2D eigenvalue weighted by Crippen LogP contribution is 2.28. The van der Waals surface area contributed by atoms with Crippen LogP contribution in [0, 0.1) is 17.5 Å². The molecule has 0 spiro atoms. The van der Waals surface area contributed by atoms with Gasteiger partial charge in [0.15, 0.2) is 23.2 Å². The standard InChI is InChI=1S/C25H20F3N5O/c1-2-3-5-15-8-9-17(20(27)10-15)21-11-16(34-32-21)13-33-14-23-22(12-29-33)30-25(31-23)18-6-4-7-19(26)24(18)28/h4,6-12,14H,2-3,5,13H2,1H3. The Balaban J connectivity index is 1.36. The molecule has 0 radical (unpaired) electrons. The van der Waals surface area contributed by atoms with Gasteiger partial charge in [-0.25, -0.2) is 23.1 Å². The molecule has 9 heteroatoms. The molecule has 2 aliphatic rings. The van der Waals surface area contributed by atoms with Crippen LogP contribution in [0.1, 0.15) is 31.1 Å². The normalized spacial score (nSPS) is 11.4. The van der Waals surface area contributed by atoms with Crippen LogP contribution >= 0.6 is 0 Å². The first-order chi connectivity index (χ1) is 16.5. The Kier molecular flexibility index (Phi) is 5.83. The van der Waals surface area contributed by atoms with Crippen LogP contribution in [0.4, 0.5) is 13.2 Å². The minimum Gasteiger partial charge on any atom is -0.359 e. The third-order valence-corrected chi connectivity index (χ3v) is 5.51. The molecular formula is C25H20F3N5O. The Bertz CT molecular complexity index is 1430. The minimum absolute atomic E-state index is 0.0228. The lowest BCUT2D eigenvalue weighted by Gasteiger charge is -2.04. The number of hydrogen-bond acceptors (Lipinski definition) is 5. The number of fused-ring (bicyclic) bond motifs is 1. The molecule has 3 aromatic rings. The topological polar surface area (TPSA) is 69.6 Å². The number of imidazole rings is 1. The summed E-state index contributed by atoms with van der Waals surface area (Å²) in [5, 5.41) is 8.27. The van der Waals surface area contributed by atoms with Crippen molar-refractivity contribution in [2.24, 2.45) is 0 Å². The van der Waals surface area contributed by atoms with Crippen LogP contribution in [0.5, 0.6) is 0 Å². The summed E-state index contributed by atoms with van der Waals surface area (Å²) in [6, 6.07) is 10.7. The van der Waals surface area contributed by atoms with E-state index in [1.54, 1.807) is 23.0 Å². The molecule has 2 aliphatic heterocycles. The third-order valence-electron chi connectivity index (χ3n) is 5.51. The highest BCUT2D eigenvalue weighted by molar-refractivity contribution is 5.65. The molecule has 0 atom stereocenters. The molecular weight excluding hydrogens is 443 g/mol. The van der Waals surface area contributed by atoms with Gasteiger partial charge in [0.05, 0.1) is 18.0 Å². The molecule has 6 nitrogen and oxygen atoms in total. The van der Waals surface area contributed by atoms with Crippen molar-refractivity contribution in [3.63, 3.8) is 0 Å². The summed E-state index contributed by atoms with van der Waals surface area (Å²) in [6.07, 6.45) is 5.99. The number of aromatic nitrogens is 5. The summed E-state index contributed by atoms with van der Waals surface area (Å²) in [7, 11) is 0. The van der Waals surface area contributed by atoms with E-state index >= 15 is 0 Å². The van der Waals surface area contributed by atoms with Gasteiger partial charge in [-0.1, -0.05) is 30.6 Å².